The topological polar surface area (TPSA) is 21.3 Å². The molecular formula is C9H13NOS. The Morgan fingerprint density at radius 2 is 2.92 bits per heavy atom. The van der Waals surface area contributed by atoms with Gasteiger partial charge in [0, 0.05) is 22.0 Å². The number of nitrogens with one attached hydrogen (secondary N) is 1. The summed E-state index contributed by atoms with van der Waals surface area (Å²) in [5.41, 5.74) is 1.14. The van der Waals surface area contributed by atoms with Crippen LogP contribution in [0.15, 0.2) is 11.4 Å². The minimum atomic E-state index is -2.09. The fourth-order valence-corrected chi connectivity index (χ4v) is 2.40. The molecule has 0 spiro atoms. The zero-order chi connectivity index (χ0) is 10.9. The van der Waals surface area contributed by atoms with Gasteiger partial charge in [-0.15, -0.1) is 11.3 Å². The van der Waals surface area contributed by atoms with Gasteiger partial charge in [0.25, 0.3) is 0 Å². The molecule has 12 heavy (non-hydrogen) atoms. The Hall–Kier alpha value is -0.380. The van der Waals surface area contributed by atoms with Gasteiger partial charge in [-0.1, -0.05) is 0 Å². The van der Waals surface area contributed by atoms with Gasteiger partial charge < -0.3 is 10.1 Å². The van der Waals surface area contributed by atoms with Crippen LogP contribution in [0.1, 0.15) is 20.7 Å². The van der Waals surface area contributed by atoms with Crippen LogP contribution in [-0.4, -0.2) is 20.1 Å². The number of rotatable bonds is 2. The Kier molecular flexibility index (Phi) is 1.59. The highest BCUT2D eigenvalue weighted by atomic mass is 32.1. The summed E-state index contributed by atoms with van der Waals surface area (Å²) in [5, 5.41) is 4.53. The first-order valence-electron chi connectivity index (χ1n) is 5.49. The average molecular weight is 186 g/mol. The Morgan fingerprint density at radius 1 is 1.92 bits per heavy atom. The first kappa shape index (κ1) is 5.37. The second-order valence-electron chi connectivity index (χ2n) is 2.79. The summed E-state index contributed by atoms with van der Waals surface area (Å²) in [6, 6.07) is 2.02. The Bertz CT molecular complexity index is 336. The van der Waals surface area contributed by atoms with E-state index in [0.29, 0.717) is 13.2 Å². The molecule has 0 radical (unpaired) electrons. The maximum absolute atomic E-state index is 7.07. The molecule has 2 heterocycles. The van der Waals surface area contributed by atoms with Crippen molar-refractivity contribution >= 4 is 11.3 Å². The average Bonchev–Trinajstić information content (AvgIpc) is 2.61. The summed E-state index contributed by atoms with van der Waals surface area (Å²) in [7, 11) is 0. The van der Waals surface area contributed by atoms with E-state index in [9.17, 15) is 0 Å². The van der Waals surface area contributed by atoms with Crippen LogP contribution < -0.4 is 5.32 Å². The second-order valence-corrected chi connectivity index (χ2v) is 3.79. The van der Waals surface area contributed by atoms with E-state index in [4.69, 9.17) is 8.85 Å². The van der Waals surface area contributed by atoms with E-state index in [-0.39, 0.29) is 6.10 Å². The molecular weight excluding hydrogens is 170 g/mol. The van der Waals surface area contributed by atoms with Crippen molar-refractivity contribution in [2.24, 2.45) is 0 Å². The number of fused-ring (bicyclic) bond motifs is 1. The first-order valence-corrected chi connectivity index (χ1v) is 4.87. The molecule has 1 N–H and O–H groups in total. The van der Waals surface area contributed by atoms with Crippen molar-refractivity contribution in [3.63, 3.8) is 0 Å². The molecule has 2 rings (SSSR count). The molecule has 1 aliphatic heterocycles. The van der Waals surface area contributed by atoms with Crippen LogP contribution in [0.3, 0.4) is 0 Å². The predicted octanol–water partition coefficient (Wildman–Crippen LogP) is 1.58. The van der Waals surface area contributed by atoms with E-state index in [1.807, 2.05) is 11.4 Å². The highest BCUT2D eigenvalue weighted by molar-refractivity contribution is 7.10. The van der Waals surface area contributed by atoms with Crippen molar-refractivity contribution in [2.45, 2.75) is 12.5 Å². The lowest BCUT2D eigenvalue weighted by molar-refractivity contribution is 0.0451. The monoisotopic (exact) mass is 186 g/mol. The van der Waals surface area contributed by atoms with Crippen LogP contribution in [0, 0.1) is 0 Å². The van der Waals surface area contributed by atoms with Gasteiger partial charge in [0.15, 0.2) is 0 Å². The third-order valence-electron chi connectivity index (χ3n) is 2.06. The summed E-state index contributed by atoms with van der Waals surface area (Å²) >= 11 is 1.71. The highest BCUT2D eigenvalue weighted by Gasteiger charge is 2.20. The van der Waals surface area contributed by atoms with E-state index < -0.39 is 6.98 Å². The van der Waals surface area contributed by atoms with Crippen molar-refractivity contribution in [3.8, 4) is 0 Å². The zero-order valence-corrected chi connectivity index (χ0v) is 7.49. The lowest BCUT2D eigenvalue weighted by atomic mass is 10.1. The predicted molar refractivity (Wildman–Crippen MR) is 50.6 cm³/mol. The SMILES string of the molecule is [2H]C([2H])([2H])NCC1OCCc2sccc21. The van der Waals surface area contributed by atoms with Gasteiger partial charge in [0.05, 0.1) is 12.7 Å². The van der Waals surface area contributed by atoms with Gasteiger partial charge in [-0.25, -0.2) is 0 Å². The van der Waals surface area contributed by atoms with Crippen LogP contribution in [-0.2, 0) is 11.2 Å². The number of likely N-dealkylation sites (N-methyl/N-ethyl adjacent to an activating group) is 1. The number of hydrogen-bond donors (Lipinski definition) is 1. The van der Waals surface area contributed by atoms with Crippen LogP contribution in [0.4, 0.5) is 0 Å². The molecule has 1 aromatic rings. The molecule has 0 amide bonds. The molecule has 2 nitrogen and oxygen atoms in total. The zero-order valence-electron chi connectivity index (χ0n) is 9.67. The summed E-state index contributed by atoms with van der Waals surface area (Å²) in [4.78, 5) is 1.32. The molecule has 0 fully saturated rings. The highest BCUT2D eigenvalue weighted by Crippen LogP contribution is 2.30. The van der Waals surface area contributed by atoms with Crippen LogP contribution in [0.2, 0.25) is 0 Å². The van der Waals surface area contributed by atoms with Crippen LogP contribution >= 0.6 is 11.3 Å². The fraction of sp³-hybridized carbons (Fsp3) is 0.556. The van der Waals surface area contributed by atoms with Gasteiger partial charge in [0.1, 0.15) is 0 Å². The van der Waals surface area contributed by atoms with Gasteiger partial charge in [-0.05, 0) is 24.0 Å². The largest absolute Gasteiger partial charge is 0.372 e. The lowest BCUT2D eigenvalue weighted by Crippen LogP contribution is -2.24. The van der Waals surface area contributed by atoms with E-state index in [2.05, 4.69) is 5.32 Å². The molecule has 0 bridgehead atoms. The summed E-state index contributed by atoms with van der Waals surface area (Å²) in [6.07, 6.45) is 0.831. The Balaban J connectivity index is 2.01. The molecule has 1 aromatic heterocycles. The maximum Gasteiger partial charge on any atom is 0.0959 e. The maximum atomic E-state index is 7.07. The number of thiophene rings is 1. The summed E-state index contributed by atoms with van der Waals surface area (Å²) < 4.78 is 26.8. The van der Waals surface area contributed by atoms with E-state index in [1.54, 1.807) is 11.3 Å². The summed E-state index contributed by atoms with van der Waals surface area (Å²) in [6.45, 7) is -1.06. The molecule has 1 aliphatic rings. The molecule has 0 aliphatic carbocycles. The van der Waals surface area contributed by atoms with Gasteiger partial charge >= 0.3 is 0 Å². The third kappa shape index (κ3) is 1.40. The normalized spacial score (nSPS) is 27.0. The number of hydrogen-bond acceptors (Lipinski definition) is 3. The van der Waals surface area contributed by atoms with Crippen molar-refractivity contribution in [1.29, 1.82) is 0 Å². The van der Waals surface area contributed by atoms with Crippen molar-refractivity contribution in [3.05, 3.63) is 21.9 Å². The first-order chi connectivity index (χ1) is 7.06. The molecule has 0 saturated heterocycles. The Morgan fingerprint density at radius 3 is 3.83 bits per heavy atom. The van der Waals surface area contributed by atoms with Gasteiger partial charge in [0.2, 0.25) is 0 Å². The van der Waals surface area contributed by atoms with Crippen molar-refractivity contribution < 1.29 is 8.85 Å². The van der Waals surface area contributed by atoms with E-state index >= 15 is 0 Å². The van der Waals surface area contributed by atoms with E-state index in [0.717, 1.165) is 12.0 Å². The minimum absolute atomic E-state index is 0.111. The molecule has 1 unspecified atom stereocenters. The van der Waals surface area contributed by atoms with Crippen molar-refractivity contribution in [2.75, 3.05) is 20.1 Å². The van der Waals surface area contributed by atoms with Crippen LogP contribution in [0.25, 0.3) is 0 Å². The molecule has 66 valence electrons. The smallest absolute Gasteiger partial charge is 0.0959 e. The Labute approximate surface area is 80.8 Å². The quantitative estimate of drug-likeness (QED) is 0.757. The second kappa shape index (κ2) is 3.56. The van der Waals surface area contributed by atoms with Gasteiger partial charge in [-0.2, -0.15) is 0 Å². The molecule has 1 atom stereocenters. The minimum Gasteiger partial charge on any atom is -0.372 e. The third-order valence-corrected chi connectivity index (χ3v) is 3.06. The van der Waals surface area contributed by atoms with Crippen molar-refractivity contribution in [1.82, 2.24) is 5.32 Å². The van der Waals surface area contributed by atoms with E-state index in [1.165, 1.54) is 4.88 Å². The molecule has 0 saturated carbocycles. The molecule has 0 aromatic carbocycles. The molecule has 3 heteroatoms. The fourth-order valence-electron chi connectivity index (χ4n) is 1.49. The summed E-state index contributed by atoms with van der Waals surface area (Å²) in [5.74, 6) is 0. The standard InChI is InChI=1S/C9H13NOS/c1-10-6-8-7-3-5-12-9(7)2-4-11-8/h3,5,8,10H,2,4,6H2,1H3/i1D3. The van der Waals surface area contributed by atoms with Gasteiger partial charge in [-0.3, -0.25) is 0 Å². The lowest BCUT2D eigenvalue weighted by Gasteiger charge is -2.22. The van der Waals surface area contributed by atoms with Crippen LogP contribution in [0.5, 0.6) is 0 Å². The number of ether oxygens (including phenoxy) is 1.